The molecule has 5 heteroatoms. The van der Waals surface area contributed by atoms with Gasteiger partial charge >= 0.3 is 0 Å². The first-order chi connectivity index (χ1) is 8.58. The molecule has 0 spiro atoms. The lowest BCUT2D eigenvalue weighted by molar-refractivity contribution is 0.583. The van der Waals surface area contributed by atoms with Crippen molar-refractivity contribution in [3.63, 3.8) is 0 Å². The van der Waals surface area contributed by atoms with Gasteiger partial charge in [0.25, 0.3) is 10.0 Å². The summed E-state index contributed by atoms with van der Waals surface area (Å²) in [5, 5.41) is 4.03. The van der Waals surface area contributed by atoms with E-state index in [4.69, 9.17) is 0 Å². The number of sulfonamides is 1. The fraction of sp³-hybridized carbons (Fsp3) is 0.462. The molecule has 4 nitrogen and oxygen atoms in total. The average molecular weight is 266 g/mol. The zero-order valence-electron chi connectivity index (χ0n) is 10.5. The van der Waals surface area contributed by atoms with Gasteiger partial charge in [0.2, 0.25) is 0 Å². The van der Waals surface area contributed by atoms with Gasteiger partial charge in [-0.15, -0.1) is 0 Å². The highest BCUT2D eigenvalue weighted by Crippen LogP contribution is 2.15. The molecule has 1 saturated carbocycles. The molecule has 1 aliphatic carbocycles. The summed E-state index contributed by atoms with van der Waals surface area (Å²) in [4.78, 5) is 2.58. The van der Waals surface area contributed by atoms with Crippen molar-refractivity contribution in [3.05, 3.63) is 29.8 Å². The average Bonchev–Trinajstić information content (AvgIpc) is 2.38. The Morgan fingerprint density at radius 1 is 1.06 bits per heavy atom. The fourth-order valence-electron chi connectivity index (χ4n) is 1.97. The van der Waals surface area contributed by atoms with Crippen LogP contribution in [0.4, 0.5) is 0 Å². The van der Waals surface area contributed by atoms with E-state index in [1.165, 1.54) is 6.42 Å². The Kier molecular flexibility index (Phi) is 4.01. The standard InChI is InChI=1S/C13H18N2O2S/c1-11-7-9-13(10-8-11)18(16,17)15-14-12-5-3-2-4-6-12/h7-10,15H,2-6H2,1H3. The molecule has 0 heterocycles. The molecule has 1 N–H and O–H groups in total. The van der Waals surface area contributed by atoms with Gasteiger partial charge in [0.1, 0.15) is 0 Å². The Labute approximate surface area is 108 Å². The van der Waals surface area contributed by atoms with Gasteiger partial charge in [-0.2, -0.15) is 13.5 Å². The maximum Gasteiger partial charge on any atom is 0.276 e. The number of nitrogens with one attached hydrogen (secondary N) is 1. The van der Waals surface area contributed by atoms with E-state index < -0.39 is 10.0 Å². The third-order valence-corrected chi connectivity index (χ3v) is 4.31. The number of hydrogen-bond acceptors (Lipinski definition) is 3. The Morgan fingerprint density at radius 3 is 2.28 bits per heavy atom. The molecule has 1 aliphatic rings. The molecule has 0 unspecified atom stereocenters. The van der Waals surface area contributed by atoms with Crippen LogP contribution >= 0.6 is 0 Å². The second-order valence-electron chi connectivity index (χ2n) is 4.65. The van der Waals surface area contributed by atoms with E-state index in [0.29, 0.717) is 0 Å². The van der Waals surface area contributed by atoms with Crippen LogP contribution in [0.15, 0.2) is 34.3 Å². The van der Waals surface area contributed by atoms with Gasteiger partial charge in [-0.25, -0.2) is 4.83 Å². The van der Waals surface area contributed by atoms with Crippen molar-refractivity contribution in [1.29, 1.82) is 0 Å². The predicted molar refractivity (Wildman–Crippen MR) is 72.0 cm³/mol. The second kappa shape index (κ2) is 5.52. The third-order valence-electron chi connectivity index (χ3n) is 3.09. The molecule has 0 saturated heterocycles. The van der Waals surface area contributed by atoms with Gasteiger partial charge in [-0.05, 0) is 44.7 Å². The molecule has 18 heavy (non-hydrogen) atoms. The molecule has 2 rings (SSSR count). The number of nitrogens with zero attached hydrogens (tertiary/aromatic N) is 1. The fourth-order valence-corrected chi connectivity index (χ4v) is 2.82. The van der Waals surface area contributed by atoms with Crippen LogP contribution < -0.4 is 4.83 Å². The molecule has 1 fully saturated rings. The van der Waals surface area contributed by atoms with Crippen molar-refractivity contribution < 1.29 is 8.42 Å². The smallest absolute Gasteiger partial charge is 0.200 e. The molecular formula is C13H18N2O2S. The zero-order valence-corrected chi connectivity index (χ0v) is 11.3. The van der Waals surface area contributed by atoms with E-state index in [1.807, 2.05) is 6.92 Å². The predicted octanol–water partition coefficient (Wildman–Crippen LogP) is 2.59. The minimum Gasteiger partial charge on any atom is -0.200 e. The van der Waals surface area contributed by atoms with Crippen molar-refractivity contribution in [1.82, 2.24) is 4.83 Å². The maximum absolute atomic E-state index is 12.0. The molecule has 0 aliphatic heterocycles. The zero-order chi connectivity index (χ0) is 13.0. The van der Waals surface area contributed by atoms with E-state index in [1.54, 1.807) is 24.3 Å². The number of hydrogen-bond donors (Lipinski definition) is 1. The molecule has 0 bridgehead atoms. The van der Waals surface area contributed by atoms with Crippen molar-refractivity contribution in [2.24, 2.45) is 5.10 Å². The van der Waals surface area contributed by atoms with Crippen LogP contribution in [0.1, 0.15) is 37.7 Å². The summed E-state index contributed by atoms with van der Waals surface area (Å²) < 4.78 is 23.9. The van der Waals surface area contributed by atoms with Crippen molar-refractivity contribution >= 4 is 15.7 Å². The minimum absolute atomic E-state index is 0.258. The summed E-state index contributed by atoms with van der Waals surface area (Å²) in [6, 6.07) is 6.75. The Balaban J connectivity index is 2.09. The lowest BCUT2D eigenvalue weighted by Crippen LogP contribution is -2.21. The first kappa shape index (κ1) is 13.1. The van der Waals surface area contributed by atoms with E-state index in [9.17, 15) is 8.42 Å². The van der Waals surface area contributed by atoms with E-state index in [0.717, 1.165) is 37.0 Å². The van der Waals surface area contributed by atoms with Crippen LogP contribution in [0.2, 0.25) is 0 Å². The first-order valence-electron chi connectivity index (χ1n) is 6.22. The number of rotatable bonds is 3. The molecule has 98 valence electrons. The molecule has 0 amide bonds. The van der Waals surface area contributed by atoms with E-state index in [-0.39, 0.29) is 4.90 Å². The van der Waals surface area contributed by atoms with E-state index in [2.05, 4.69) is 9.93 Å². The van der Waals surface area contributed by atoms with Crippen LogP contribution in [0, 0.1) is 6.92 Å². The summed E-state index contributed by atoms with van der Waals surface area (Å²) in [5.74, 6) is 0. The monoisotopic (exact) mass is 266 g/mol. The van der Waals surface area contributed by atoms with Crippen molar-refractivity contribution in [2.45, 2.75) is 43.9 Å². The highest BCUT2D eigenvalue weighted by molar-refractivity contribution is 7.89. The van der Waals surface area contributed by atoms with Gasteiger partial charge in [0, 0.05) is 5.71 Å². The van der Waals surface area contributed by atoms with Gasteiger partial charge in [0.15, 0.2) is 0 Å². The second-order valence-corrected chi connectivity index (χ2v) is 6.31. The summed E-state index contributed by atoms with van der Waals surface area (Å²) in [5.41, 5.74) is 1.99. The van der Waals surface area contributed by atoms with Gasteiger partial charge in [-0.3, -0.25) is 0 Å². The third kappa shape index (κ3) is 3.32. The quantitative estimate of drug-likeness (QED) is 0.855. The Hall–Kier alpha value is -1.36. The summed E-state index contributed by atoms with van der Waals surface area (Å²) in [6.45, 7) is 1.92. The van der Waals surface area contributed by atoms with Crippen LogP contribution in [0.5, 0.6) is 0 Å². The molecule has 0 atom stereocenters. The van der Waals surface area contributed by atoms with E-state index >= 15 is 0 Å². The molecule has 1 aromatic carbocycles. The largest absolute Gasteiger partial charge is 0.276 e. The summed E-state index contributed by atoms with van der Waals surface area (Å²) in [6.07, 6.45) is 5.22. The van der Waals surface area contributed by atoms with Crippen LogP contribution in [0.25, 0.3) is 0 Å². The topological polar surface area (TPSA) is 58.5 Å². The number of hydrazone groups is 1. The van der Waals surface area contributed by atoms with Gasteiger partial charge in [-0.1, -0.05) is 24.1 Å². The minimum atomic E-state index is -3.51. The normalized spacial score (nSPS) is 16.4. The van der Waals surface area contributed by atoms with Gasteiger partial charge in [0.05, 0.1) is 4.90 Å². The number of aryl methyl sites for hydroxylation is 1. The Bertz CT molecular complexity index is 525. The van der Waals surface area contributed by atoms with Crippen LogP contribution in [-0.4, -0.2) is 14.1 Å². The molecule has 0 aromatic heterocycles. The summed E-state index contributed by atoms with van der Waals surface area (Å²) in [7, 11) is -3.51. The van der Waals surface area contributed by atoms with Gasteiger partial charge < -0.3 is 0 Å². The van der Waals surface area contributed by atoms with Crippen molar-refractivity contribution in [2.75, 3.05) is 0 Å². The molecule has 0 radical (unpaired) electrons. The number of benzene rings is 1. The van der Waals surface area contributed by atoms with Crippen molar-refractivity contribution in [3.8, 4) is 0 Å². The Morgan fingerprint density at radius 2 is 1.67 bits per heavy atom. The lowest BCUT2D eigenvalue weighted by atomic mass is 9.99. The molecule has 1 aromatic rings. The SMILES string of the molecule is Cc1ccc(S(=O)(=O)NN=C2CCCCC2)cc1. The highest BCUT2D eigenvalue weighted by Gasteiger charge is 2.13. The first-order valence-corrected chi connectivity index (χ1v) is 7.70. The van der Waals surface area contributed by atoms with Crippen LogP contribution in [-0.2, 0) is 10.0 Å². The summed E-state index contributed by atoms with van der Waals surface area (Å²) >= 11 is 0. The lowest BCUT2D eigenvalue weighted by Gasteiger charge is -2.12. The maximum atomic E-state index is 12.0. The van der Waals surface area contributed by atoms with Crippen LogP contribution in [0.3, 0.4) is 0 Å². The highest BCUT2D eigenvalue weighted by atomic mass is 32.2. The molecular weight excluding hydrogens is 248 g/mol.